The van der Waals surface area contributed by atoms with Gasteiger partial charge in [-0.2, -0.15) is 0 Å². The number of hydrogen-bond acceptors (Lipinski definition) is 1. The molecule has 0 N–H and O–H groups in total. The standard InChI is InChI=1S/C25H20Cl2O/c1-15(26)19-13-11-17-7-3-5-9-21(17)23(19)25(28)24-20(16(2)27)14-12-18-8-4-6-10-22(18)24/h3-16H,1-2H3. The molecule has 0 heterocycles. The summed E-state index contributed by atoms with van der Waals surface area (Å²) in [5.41, 5.74) is 3.00. The maximum absolute atomic E-state index is 14.0. The Balaban J connectivity index is 2.09. The third-order valence-electron chi connectivity index (χ3n) is 5.23. The number of hydrogen-bond donors (Lipinski definition) is 0. The molecule has 4 aromatic carbocycles. The van der Waals surface area contributed by atoms with E-state index in [0.29, 0.717) is 11.1 Å². The lowest BCUT2D eigenvalue weighted by atomic mass is 9.86. The van der Waals surface area contributed by atoms with E-state index in [1.54, 1.807) is 0 Å². The zero-order valence-electron chi connectivity index (χ0n) is 15.7. The lowest BCUT2D eigenvalue weighted by Gasteiger charge is -2.18. The SMILES string of the molecule is CC(Cl)c1ccc2ccccc2c1C(=O)c1c(C(C)Cl)ccc2ccccc12. The fourth-order valence-corrected chi connectivity index (χ4v) is 4.24. The minimum Gasteiger partial charge on any atom is -0.289 e. The van der Waals surface area contributed by atoms with Crippen LogP contribution in [-0.2, 0) is 0 Å². The predicted molar refractivity (Wildman–Crippen MR) is 120 cm³/mol. The van der Waals surface area contributed by atoms with E-state index < -0.39 is 0 Å². The summed E-state index contributed by atoms with van der Waals surface area (Å²) in [5.74, 6) is -0.0291. The van der Waals surface area contributed by atoms with Gasteiger partial charge in [-0.1, -0.05) is 72.8 Å². The van der Waals surface area contributed by atoms with Crippen molar-refractivity contribution >= 4 is 50.5 Å². The molecule has 0 amide bonds. The molecule has 4 rings (SSSR count). The molecule has 0 aliphatic carbocycles. The summed E-state index contributed by atoms with van der Waals surface area (Å²) < 4.78 is 0. The van der Waals surface area contributed by atoms with Crippen LogP contribution in [0.1, 0.15) is 51.6 Å². The Labute approximate surface area is 174 Å². The van der Waals surface area contributed by atoms with Crippen LogP contribution in [0.2, 0.25) is 0 Å². The molecule has 0 aromatic heterocycles. The first-order valence-electron chi connectivity index (χ1n) is 9.35. The van der Waals surface area contributed by atoms with Gasteiger partial charge in [-0.15, -0.1) is 23.2 Å². The van der Waals surface area contributed by atoms with E-state index in [2.05, 4.69) is 0 Å². The van der Waals surface area contributed by atoms with Crippen molar-refractivity contribution in [1.82, 2.24) is 0 Å². The Bertz CT molecular complexity index is 1100. The van der Waals surface area contributed by atoms with Gasteiger partial charge in [-0.3, -0.25) is 4.79 Å². The van der Waals surface area contributed by atoms with Crippen molar-refractivity contribution in [2.24, 2.45) is 0 Å². The predicted octanol–water partition coefficient (Wildman–Crippen LogP) is 7.82. The topological polar surface area (TPSA) is 17.1 Å². The molecule has 0 radical (unpaired) electrons. The molecule has 2 unspecified atom stereocenters. The minimum atomic E-state index is -0.282. The highest BCUT2D eigenvalue weighted by atomic mass is 35.5. The normalized spacial score (nSPS) is 13.6. The molecular formula is C25H20Cl2O. The Hall–Kier alpha value is -2.35. The van der Waals surface area contributed by atoms with Crippen LogP contribution in [0, 0.1) is 0 Å². The van der Waals surface area contributed by atoms with Gasteiger partial charge in [-0.25, -0.2) is 0 Å². The average molecular weight is 407 g/mol. The second kappa shape index (κ2) is 7.58. The molecule has 0 aliphatic rings. The van der Waals surface area contributed by atoms with Crippen molar-refractivity contribution < 1.29 is 4.79 Å². The largest absolute Gasteiger partial charge is 0.289 e. The number of ketones is 1. The first-order valence-corrected chi connectivity index (χ1v) is 10.2. The van der Waals surface area contributed by atoms with E-state index in [4.69, 9.17) is 23.2 Å². The summed E-state index contributed by atoms with van der Waals surface area (Å²) in [6.45, 7) is 3.80. The number of benzene rings is 4. The highest BCUT2D eigenvalue weighted by Crippen LogP contribution is 2.36. The second-order valence-corrected chi connectivity index (χ2v) is 8.37. The maximum atomic E-state index is 14.0. The number of alkyl halides is 2. The molecule has 2 atom stereocenters. The van der Waals surface area contributed by atoms with Crippen LogP contribution < -0.4 is 0 Å². The van der Waals surface area contributed by atoms with Crippen LogP contribution in [0.3, 0.4) is 0 Å². The summed E-state index contributed by atoms with van der Waals surface area (Å²) in [5, 5.41) is 3.31. The van der Waals surface area contributed by atoms with Gasteiger partial charge in [-0.05, 0) is 46.5 Å². The van der Waals surface area contributed by atoms with Crippen molar-refractivity contribution in [2.45, 2.75) is 24.6 Å². The fraction of sp³-hybridized carbons (Fsp3) is 0.160. The molecule has 0 saturated heterocycles. The molecule has 0 fully saturated rings. The first kappa shape index (κ1) is 19.0. The van der Waals surface area contributed by atoms with Crippen LogP contribution in [0.4, 0.5) is 0 Å². The highest BCUT2D eigenvalue weighted by molar-refractivity contribution is 6.27. The Morgan fingerprint density at radius 1 is 0.643 bits per heavy atom. The van der Waals surface area contributed by atoms with Crippen molar-refractivity contribution in [3.05, 3.63) is 95.1 Å². The molecule has 0 bridgehead atoms. The number of carbonyl (C=O) groups excluding carboxylic acids is 1. The molecule has 0 aliphatic heterocycles. The molecule has 1 nitrogen and oxygen atoms in total. The van der Waals surface area contributed by atoms with Gasteiger partial charge in [0.05, 0.1) is 10.8 Å². The third kappa shape index (κ3) is 3.19. The maximum Gasteiger partial charge on any atom is 0.194 e. The van der Waals surface area contributed by atoms with Crippen molar-refractivity contribution in [1.29, 1.82) is 0 Å². The molecule has 28 heavy (non-hydrogen) atoms. The van der Waals surface area contributed by atoms with Crippen LogP contribution in [-0.4, -0.2) is 5.78 Å². The molecule has 140 valence electrons. The number of fused-ring (bicyclic) bond motifs is 2. The zero-order chi connectivity index (χ0) is 19.8. The van der Waals surface area contributed by atoms with Gasteiger partial charge in [0, 0.05) is 11.1 Å². The van der Waals surface area contributed by atoms with Gasteiger partial charge in [0.15, 0.2) is 5.78 Å². The van der Waals surface area contributed by atoms with Gasteiger partial charge in [0.2, 0.25) is 0 Å². The van der Waals surface area contributed by atoms with E-state index in [0.717, 1.165) is 32.7 Å². The molecule has 0 saturated carbocycles. The second-order valence-electron chi connectivity index (χ2n) is 7.06. The summed E-state index contributed by atoms with van der Waals surface area (Å²) >= 11 is 13.0. The number of rotatable bonds is 4. The van der Waals surface area contributed by atoms with Crippen LogP contribution >= 0.6 is 23.2 Å². The van der Waals surface area contributed by atoms with E-state index >= 15 is 0 Å². The zero-order valence-corrected chi connectivity index (χ0v) is 17.3. The van der Waals surface area contributed by atoms with E-state index in [-0.39, 0.29) is 16.5 Å². The van der Waals surface area contributed by atoms with E-state index in [1.165, 1.54) is 0 Å². The Morgan fingerprint density at radius 2 is 1.04 bits per heavy atom. The quantitative estimate of drug-likeness (QED) is 0.249. The van der Waals surface area contributed by atoms with Crippen molar-refractivity contribution in [3.63, 3.8) is 0 Å². The van der Waals surface area contributed by atoms with Gasteiger partial charge in [0.25, 0.3) is 0 Å². The Kier molecular flexibility index (Phi) is 5.14. The first-order chi connectivity index (χ1) is 13.5. The third-order valence-corrected chi connectivity index (χ3v) is 5.70. The van der Waals surface area contributed by atoms with Crippen molar-refractivity contribution in [2.75, 3.05) is 0 Å². The number of carbonyl (C=O) groups is 1. The highest BCUT2D eigenvalue weighted by Gasteiger charge is 2.24. The van der Waals surface area contributed by atoms with Gasteiger partial charge >= 0.3 is 0 Å². The molecular weight excluding hydrogens is 387 g/mol. The summed E-state index contributed by atoms with van der Waals surface area (Å²) in [4.78, 5) is 14.0. The molecule has 4 aromatic rings. The lowest BCUT2D eigenvalue weighted by Crippen LogP contribution is -2.11. The molecule has 0 spiro atoms. The average Bonchev–Trinajstić information content (AvgIpc) is 2.71. The van der Waals surface area contributed by atoms with Gasteiger partial charge in [0.1, 0.15) is 0 Å². The number of halogens is 2. The lowest BCUT2D eigenvalue weighted by molar-refractivity contribution is 0.104. The minimum absolute atomic E-state index is 0.0291. The van der Waals surface area contributed by atoms with Gasteiger partial charge < -0.3 is 0 Å². The summed E-state index contributed by atoms with van der Waals surface area (Å²) in [6.07, 6.45) is 0. The molecule has 3 heteroatoms. The van der Waals surface area contributed by atoms with Crippen molar-refractivity contribution in [3.8, 4) is 0 Å². The monoisotopic (exact) mass is 406 g/mol. The fourth-order valence-electron chi connectivity index (χ4n) is 3.87. The Morgan fingerprint density at radius 3 is 1.43 bits per heavy atom. The smallest absolute Gasteiger partial charge is 0.194 e. The summed E-state index contributed by atoms with van der Waals surface area (Å²) in [6, 6.07) is 23.8. The van der Waals surface area contributed by atoms with E-state index in [9.17, 15) is 4.79 Å². The van der Waals surface area contributed by atoms with Crippen LogP contribution in [0.15, 0.2) is 72.8 Å². The van der Waals surface area contributed by atoms with E-state index in [1.807, 2.05) is 86.6 Å². The van der Waals surface area contributed by atoms with Crippen LogP contribution in [0.5, 0.6) is 0 Å². The van der Waals surface area contributed by atoms with Crippen LogP contribution in [0.25, 0.3) is 21.5 Å². The summed E-state index contributed by atoms with van der Waals surface area (Å²) in [7, 11) is 0.